The van der Waals surface area contributed by atoms with Gasteiger partial charge in [-0.2, -0.15) is 4.31 Å². The van der Waals surface area contributed by atoms with E-state index in [1.165, 1.54) is 5.56 Å². The zero-order chi connectivity index (χ0) is 17.0. The van der Waals surface area contributed by atoms with Gasteiger partial charge < -0.3 is 9.64 Å². The fraction of sp³-hybridized carbons (Fsp3) is 0.667. The largest absolute Gasteiger partial charge is 0.496 e. The lowest BCUT2D eigenvalue weighted by molar-refractivity contribution is 0.189. The summed E-state index contributed by atoms with van der Waals surface area (Å²) in [6.07, 6.45) is 4.73. The van der Waals surface area contributed by atoms with E-state index in [4.69, 9.17) is 4.74 Å². The van der Waals surface area contributed by atoms with Crippen molar-refractivity contribution in [1.82, 2.24) is 9.21 Å². The third-order valence-corrected chi connectivity index (χ3v) is 7.70. The van der Waals surface area contributed by atoms with E-state index in [-0.39, 0.29) is 5.25 Å². The topological polar surface area (TPSA) is 49.9 Å². The summed E-state index contributed by atoms with van der Waals surface area (Å²) in [6.45, 7) is 3.84. The van der Waals surface area contributed by atoms with Gasteiger partial charge in [-0.15, -0.1) is 0 Å². The molecule has 0 aromatic heterocycles. The summed E-state index contributed by atoms with van der Waals surface area (Å²) in [4.78, 5) is 2.35. The van der Waals surface area contributed by atoms with Crippen LogP contribution < -0.4 is 4.74 Å². The Morgan fingerprint density at radius 1 is 1.08 bits per heavy atom. The van der Waals surface area contributed by atoms with Crippen molar-refractivity contribution in [1.29, 1.82) is 0 Å². The summed E-state index contributed by atoms with van der Waals surface area (Å²) in [7, 11) is -1.38. The quantitative estimate of drug-likeness (QED) is 0.787. The van der Waals surface area contributed by atoms with Crippen LogP contribution in [0, 0.1) is 0 Å². The smallest absolute Gasteiger partial charge is 0.217 e. The third kappa shape index (κ3) is 3.92. The highest BCUT2D eigenvalue weighted by molar-refractivity contribution is 7.89. The van der Waals surface area contributed by atoms with Crippen LogP contribution in [0.1, 0.15) is 31.2 Å². The number of ether oxygens (including phenoxy) is 1. The SMILES string of the molecule is COc1ccccc1CCN1CCN(S(=O)(=O)C2CCCC2)CC1. The summed E-state index contributed by atoms with van der Waals surface area (Å²) in [5, 5.41) is -0.127. The van der Waals surface area contributed by atoms with E-state index in [1.807, 2.05) is 18.2 Å². The van der Waals surface area contributed by atoms with Crippen molar-refractivity contribution < 1.29 is 13.2 Å². The molecule has 5 nitrogen and oxygen atoms in total. The Morgan fingerprint density at radius 2 is 1.75 bits per heavy atom. The minimum Gasteiger partial charge on any atom is -0.496 e. The molecule has 0 atom stereocenters. The molecule has 2 aliphatic rings. The molecule has 1 aliphatic heterocycles. The first-order valence-corrected chi connectivity index (χ1v) is 10.4. The van der Waals surface area contributed by atoms with Crippen LogP contribution in [0.5, 0.6) is 5.75 Å². The Morgan fingerprint density at radius 3 is 2.42 bits per heavy atom. The Kier molecular flexibility index (Phi) is 5.79. The Balaban J connectivity index is 1.50. The molecule has 0 unspecified atom stereocenters. The van der Waals surface area contributed by atoms with Crippen molar-refractivity contribution >= 4 is 10.0 Å². The molecule has 0 bridgehead atoms. The monoisotopic (exact) mass is 352 g/mol. The normalized spacial score (nSPS) is 21.2. The maximum Gasteiger partial charge on any atom is 0.217 e. The standard InChI is InChI=1S/C18H28N2O3S/c1-23-18-9-5-2-6-16(18)10-11-19-12-14-20(15-13-19)24(21,22)17-7-3-4-8-17/h2,5-6,9,17H,3-4,7-8,10-15H2,1H3. The minimum absolute atomic E-state index is 0.127. The van der Waals surface area contributed by atoms with Crippen molar-refractivity contribution in [3.63, 3.8) is 0 Å². The summed E-state index contributed by atoms with van der Waals surface area (Å²) in [5.41, 5.74) is 1.21. The minimum atomic E-state index is -3.08. The van der Waals surface area contributed by atoms with Gasteiger partial charge >= 0.3 is 0 Å². The van der Waals surface area contributed by atoms with Crippen molar-refractivity contribution in [2.45, 2.75) is 37.4 Å². The maximum atomic E-state index is 12.6. The van der Waals surface area contributed by atoms with E-state index >= 15 is 0 Å². The van der Waals surface area contributed by atoms with Crippen LogP contribution in [-0.4, -0.2) is 62.7 Å². The second-order valence-electron chi connectivity index (χ2n) is 6.75. The molecule has 0 N–H and O–H groups in total. The molecule has 1 aliphatic carbocycles. The summed E-state index contributed by atoms with van der Waals surface area (Å²) < 4.78 is 32.4. The zero-order valence-electron chi connectivity index (χ0n) is 14.5. The van der Waals surface area contributed by atoms with Crippen molar-refractivity contribution in [2.75, 3.05) is 39.8 Å². The molecule has 0 radical (unpaired) electrons. The van der Waals surface area contributed by atoms with E-state index in [0.717, 1.165) is 57.5 Å². The van der Waals surface area contributed by atoms with Gasteiger partial charge in [0, 0.05) is 32.7 Å². The highest BCUT2D eigenvalue weighted by Gasteiger charge is 2.35. The number of nitrogens with zero attached hydrogens (tertiary/aromatic N) is 2. The van der Waals surface area contributed by atoms with Crippen LogP contribution in [0.3, 0.4) is 0 Å². The van der Waals surface area contributed by atoms with E-state index < -0.39 is 10.0 Å². The molecule has 2 fully saturated rings. The number of rotatable bonds is 6. The average molecular weight is 353 g/mol. The van der Waals surface area contributed by atoms with Crippen molar-refractivity contribution in [3.8, 4) is 5.75 Å². The van der Waals surface area contributed by atoms with Crippen molar-refractivity contribution in [2.24, 2.45) is 0 Å². The van der Waals surface area contributed by atoms with E-state index in [9.17, 15) is 8.42 Å². The molecule has 1 aromatic rings. The molecule has 1 heterocycles. The molecular formula is C18H28N2O3S. The van der Waals surface area contributed by atoms with Crippen LogP contribution in [0.2, 0.25) is 0 Å². The van der Waals surface area contributed by atoms with E-state index in [1.54, 1.807) is 11.4 Å². The first kappa shape index (κ1) is 17.7. The molecule has 1 saturated carbocycles. The Labute approximate surface area is 145 Å². The fourth-order valence-electron chi connectivity index (χ4n) is 3.79. The lowest BCUT2D eigenvalue weighted by Crippen LogP contribution is -2.51. The zero-order valence-corrected chi connectivity index (χ0v) is 15.3. The van der Waals surface area contributed by atoms with Gasteiger partial charge in [0.25, 0.3) is 0 Å². The van der Waals surface area contributed by atoms with Crippen LogP contribution >= 0.6 is 0 Å². The molecule has 24 heavy (non-hydrogen) atoms. The number of piperazine rings is 1. The summed E-state index contributed by atoms with van der Waals surface area (Å²) in [5.74, 6) is 0.931. The van der Waals surface area contributed by atoms with Gasteiger partial charge in [-0.25, -0.2) is 8.42 Å². The van der Waals surface area contributed by atoms with Crippen molar-refractivity contribution in [3.05, 3.63) is 29.8 Å². The molecular weight excluding hydrogens is 324 g/mol. The number of para-hydroxylation sites is 1. The van der Waals surface area contributed by atoms with Gasteiger partial charge in [0.2, 0.25) is 10.0 Å². The lowest BCUT2D eigenvalue weighted by Gasteiger charge is -2.35. The van der Waals surface area contributed by atoms with Gasteiger partial charge in [-0.05, 0) is 30.9 Å². The van der Waals surface area contributed by atoms with E-state index in [0.29, 0.717) is 13.1 Å². The highest BCUT2D eigenvalue weighted by atomic mass is 32.2. The molecule has 3 rings (SSSR count). The highest BCUT2D eigenvalue weighted by Crippen LogP contribution is 2.27. The van der Waals surface area contributed by atoms with Crippen LogP contribution in [0.25, 0.3) is 0 Å². The molecule has 1 saturated heterocycles. The molecule has 0 spiro atoms. The Hall–Kier alpha value is -1.11. The maximum absolute atomic E-state index is 12.6. The third-order valence-electron chi connectivity index (χ3n) is 5.30. The predicted octanol–water partition coefficient (Wildman–Crippen LogP) is 2.13. The second kappa shape index (κ2) is 7.85. The average Bonchev–Trinajstić information content (AvgIpc) is 3.16. The van der Waals surface area contributed by atoms with Gasteiger partial charge in [-0.3, -0.25) is 0 Å². The first-order chi connectivity index (χ1) is 11.6. The van der Waals surface area contributed by atoms with Crippen LogP contribution in [0.4, 0.5) is 0 Å². The number of methoxy groups -OCH3 is 1. The fourth-order valence-corrected chi connectivity index (χ4v) is 5.82. The first-order valence-electron chi connectivity index (χ1n) is 8.94. The summed E-state index contributed by atoms with van der Waals surface area (Å²) >= 11 is 0. The van der Waals surface area contributed by atoms with Gasteiger partial charge in [0.05, 0.1) is 12.4 Å². The van der Waals surface area contributed by atoms with Crippen LogP contribution in [0.15, 0.2) is 24.3 Å². The Bertz CT molecular complexity index is 633. The number of sulfonamides is 1. The van der Waals surface area contributed by atoms with Gasteiger partial charge in [0.1, 0.15) is 5.75 Å². The number of benzene rings is 1. The summed E-state index contributed by atoms with van der Waals surface area (Å²) in [6, 6.07) is 8.10. The van der Waals surface area contributed by atoms with Gasteiger partial charge in [0.15, 0.2) is 0 Å². The predicted molar refractivity (Wildman–Crippen MR) is 95.9 cm³/mol. The molecule has 1 aromatic carbocycles. The lowest BCUT2D eigenvalue weighted by atomic mass is 10.1. The second-order valence-corrected chi connectivity index (χ2v) is 8.97. The molecule has 0 amide bonds. The number of hydrogen-bond acceptors (Lipinski definition) is 4. The molecule has 134 valence electrons. The molecule has 6 heteroatoms. The van der Waals surface area contributed by atoms with E-state index in [2.05, 4.69) is 11.0 Å². The van der Waals surface area contributed by atoms with Gasteiger partial charge in [-0.1, -0.05) is 31.0 Å². The number of hydrogen-bond donors (Lipinski definition) is 0. The van der Waals surface area contributed by atoms with Crippen LogP contribution in [-0.2, 0) is 16.4 Å².